The first-order valence-electron chi connectivity index (χ1n) is 7.50. The van der Waals surface area contributed by atoms with Crippen LogP contribution in [0.15, 0.2) is 53.4 Å². The summed E-state index contributed by atoms with van der Waals surface area (Å²) in [7, 11) is -2.30. The largest absolute Gasteiger partial charge is 0.476 e. The number of rotatable bonds is 3. The Morgan fingerprint density at radius 2 is 1.83 bits per heavy atom. The Kier molecular flexibility index (Phi) is 4.19. The van der Waals surface area contributed by atoms with Crippen LogP contribution < -0.4 is 14.4 Å². The second-order valence-corrected chi connectivity index (χ2v) is 7.40. The van der Waals surface area contributed by atoms with Gasteiger partial charge in [-0.05, 0) is 31.2 Å². The van der Waals surface area contributed by atoms with Gasteiger partial charge in [-0.15, -0.1) is 0 Å². The molecule has 0 saturated carbocycles. The highest BCUT2D eigenvalue weighted by molar-refractivity contribution is 7.92. The van der Waals surface area contributed by atoms with Crippen LogP contribution in [0.3, 0.4) is 0 Å². The molecule has 0 aliphatic carbocycles. The van der Waals surface area contributed by atoms with Gasteiger partial charge >= 0.3 is 0 Å². The minimum atomic E-state index is -3.79. The van der Waals surface area contributed by atoms with Gasteiger partial charge in [0, 0.05) is 7.05 Å². The number of hydrogen-bond acceptors (Lipinski definition) is 4. The quantitative estimate of drug-likeness (QED) is 0.918. The molecule has 2 aromatic rings. The van der Waals surface area contributed by atoms with Crippen LogP contribution in [0.4, 0.5) is 5.69 Å². The van der Waals surface area contributed by atoms with E-state index in [0.717, 1.165) is 5.56 Å². The van der Waals surface area contributed by atoms with E-state index in [1.807, 2.05) is 6.92 Å². The molecule has 24 heavy (non-hydrogen) atoms. The third-order valence-corrected chi connectivity index (χ3v) is 5.68. The molecule has 0 aromatic heterocycles. The second kappa shape index (κ2) is 6.16. The Labute approximate surface area is 141 Å². The SMILES string of the molecule is CNC(=O)C1CN(S(=O)(=O)c2ccc(C)cc2)c2ccccc2O1. The molecule has 1 N–H and O–H groups in total. The number of sulfonamides is 1. The summed E-state index contributed by atoms with van der Waals surface area (Å²) in [4.78, 5) is 12.2. The number of nitrogens with zero attached hydrogens (tertiary/aromatic N) is 1. The van der Waals surface area contributed by atoms with Crippen molar-refractivity contribution in [2.45, 2.75) is 17.9 Å². The Morgan fingerprint density at radius 3 is 2.50 bits per heavy atom. The van der Waals surface area contributed by atoms with Gasteiger partial charge in [-0.3, -0.25) is 9.10 Å². The molecule has 0 bridgehead atoms. The standard InChI is InChI=1S/C17H18N2O4S/c1-12-7-9-13(10-8-12)24(21,22)19-11-16(17(20)18-2)23-15-6-4-3-5-14(15)19/h3-10,16H,11H2,1-2H3,(H,18,20). The number of aryl methyl sites for hydroxylation is 1. The Morgan fingerprint density at radius 1 is 1.17 bits per heavy atom. The zero-order valence-corrected chi connectivity index (χ0v) is 14.2. The number of carbonyl (C=O) groups excluding carboxylic acids is 1. The van der Waals surface area contributed by atoms with Crippen LogP contribution in [0.25, 0.3) is 0 Å². The molecule has 1 amide bonds. The van der Waals surface area contributed by atoms with E-state index in [2.05, 4.69) is 5.32 Å². The first-order valence-corrected chi connectivity index (χ1v) is 8.94. The Balaban J connectivity index is 2.07. The third-order valence-electron chi connectivity index (χ3n) is 3.88. The van der Waals surface area contributed by atoms with Crippen molar-refractivity contribution in [1.29, 1.82) is 0 Å². The highest BCUT2D eigenvalue weighted by Crippen LogP contribution is 2.36. The summed E-state index contributed by atoms with van der Waals surface area (Å²) in [5.41, 5.74) is 1.40. The minimum Gasteiger partial charge on any atom is -0.476 e. The fourth-order valence-corrected chi connectivity index (χ4v) is 4.04. The van der Waals surface area contributed by atoms with E-state index in [4.69, 9.17) is 4.74 Å². The highest BCUT2D eigenvalue weighted by atomic mass is 32.2. The average molecular weight is 346 g/mol. The van der Waals surface area contributed by atoms with Crippen LogP contribution in [0.5, 0.6) is 5.75 Å². The first-order chi connectivity index (χ1) is 11.4. The number of hydrogen-bond donors (Lipinski definition) is 1. The van der Waals surface area contributed by atoms with Crippen molar-refractivity contribution < 1.29 is 17.9 Å². The molecule has 0 radical (unpaired) electrons. The molecule has 1 atom stereocenters. The maximum atomic E-state index is 13.1. The lowest BCUT2D eigenvalue weighted by Gasteiger charge is -2.34. The lowest BCUT2D eigenvalue weighted by Crippen LogP contribution is -2.50. The van der Waals surface area contributed by atoms with E-state index in [1.54, 1.807) is 48.5 Å². The van der Waals surface area contributed by atoms with Crippen LogP contribution in [0.1, 0.15) is 5.56 Å². The zero-order chi connectivity index (χ0) is 17.3. The number of likely N-dealkylation sites (N-methyl/N-ethyl adjacent to an activating group) is 1. The monoisotopic (exact) mass is 346 g/mol. The lowest BCUT2D eigenvalue weighted by molar-refractivity contribution is -0.127. The summed E-state index contributed by atoms with van der Waals surface area (Å²) in [6, 6.07) is 13.4. The third kappa shape index (κ3) is 2.82. The number of anilines is 1. The zero-order valence-electron chi connectivity index (χ0n) is 13.4. The fraction of sp³-hybridized carbons (Fsp3) is 0.235. The Hall–Kier alpha value is -2.54. The van der Waals surface area contributed by atoms with E-state index in [1.165, 1.54) is 11.4 Å². The molecule has 1 unspecified atom stereocenters. The van der Waals surface area contributed by atoms with Crippen LogP contribution in [-0.4, -0.2) is 34.0 Å². The van der Waals surface area contributed by atoms with Crippen LogP contribution in [-0.2, 0) is 14.8 Å². The molecule has 1 aliphatic heterocycles. The molecule has 1 heterocycles. The van der Waals surface area contributed by atoms with E-state index in [0.29, 0.717) is 11.4 Å². The number of amides is 1. The molecular weight excluding hydrogens is 328 g/mol. The van der Waals surface area contributed by atoms with Crippen molar-refractivity contribution >= 4 is 21.6 Å². The topological polar surface area (TPSA) is 75.7 Å². The summed E-state index contributed by atoms with van der Waals surface area (Å²) in [6.45, 7) is 1.81. The molecule has 0 spiro atoms. The van der Waals surface area contributed by atoms with Gasteiger partial charge in [0.1, 0.15) is 5.75 Å². The van der Waals surface area contributed by atoms with E-state index >= 15 is 0 Å². The van der Waals surface area contributed by atoms with Crippen molar-refractivity contribution in [2.24, 2.45) is 0 Å². The molecule has 126 valence electrons. The van der Waals surface area contributed by atoms with Crippen molar-refractivity contribution in [1.82, 2.24) is 5.32 Å². The minimum absolute atomic E-state index is 0.0765. The van der Waals surface area contributed by atoms with Gasteiger partial charge in [-0.25, -0.2) is 8.42 Å². The van der Waals surface area contributed by atoms with E-state index in [9.17, 15) is 13.2 Å². The maximum Gasteiger partial charge on any atom is 0.264 e. The van der Waals surface area contributed by atoms with Gasteiger partial charge in [0.2, 0.25) is 0 Å². The van der Waals surface area contributed by atoms with Gasteiger partial charge in [0.15, 0.2) is 6.10 Å². The van der Waals surface area contributed by atoms with Crippen LogP contribution in [0.2, 0.25) is 0 Å². The predicted octanol–water partition coefficient (Wildman–Crippen LogP) is 1.70. The summed E-state index contributed by atoms with van der Waals surface area (Å²) in [5, 5.41) is 2.50. The highest BCUT2D eigenvalue weighted by Gasteiger charge is 2.37. The van der Waals surface area contributed by atoms with E-state index < -0.39 is 16.1 Å². The van der Waals surface area contributed by atoms with Gasteiger partial charge in [-0.1, -0.05) is 29.8 Å². The summed E-state index contributed by atoms with van der Waals surface area (Å²) in [5.74, 6) is 0.00152. The van der Waals surface area contributed by atoms with Crippen LogP contribution in [0, 0.1) is 6.92 Å². The number of nitrogens with one attached hydrogen (secondary N) is 1. The molecular formula is C17H18N2O4S. The number of fused-ring (bicyclic) bond motifs is 1. The number of para-hydroxylation sites is 2. The molecule has 6 nitrogen and oxygen atoms in total. The van der Waals surface area contributed by atoms with Gasteiger partial charge in [0.25, 0.3) is 15.9 Å². The summed E-state index contributed by atoms with van der Waals surface area (Å²) >= 11 is 0. The predicted molar refractivity (Wildman–Crippen MR) is 90.6 cm³/mol. The molecule has 0 saturated heterocycles. The lowest BCUT2D eigenvalue weighted by atomic mass is 10.2. The second-order valence-electron chi connectivity index (χ2n) is 5.54. The van der Waals surface area contributed by atoms with Gasteiger partial charge < -0.3 is 10.1 Å². The van der Waals surface area contributed by atoms with Crippen molar-refractivity contribution in [3.63, 3.8) is 0 Å². The molecule has 3 rings (SSSR count). The smallest absolute Gasteiger partial charge is 0.264 e. The van der Waals surface area contributed by atoms with Crippen molar-refractivity contribution in [3.05, 3.63) is 54.1 Å². The molecule has 7 heteroatoms. The fourth-order valence-electron chi connectivity index (χ4n) is 2.56. The van der Waals surface area contributed by atoms with Gasteiger partial charge in [-0.2, -0.15) is 0 Å². The van der Waals surface area contributed by atoms with E-state index in [-0.39, 0.29) is 17.3 Å². The Bertz CT molecular complexity index is 862. The number of ether oxygens (including phenoxy) is 1. The molecule has 0 fully saturated rings. The first kappa shape index (κ1) is 16.3. The van der Waals surface area contributed by atoms with Gasteiger partial charge in [0.05, 0.1) is 17.1 Å². The normalized spacial score (nSPS) is 16.9. The summed E-state index contributed by atoms with van der Waals surface area (Å²) in [6.07, 6.45) is -0.898. The molecule has 1 aliphatic rings. The summed E-state index contributed by atoms with van der Waals surface area (Å²) < 4.78 is 33.0. The average Bonchev–Trinajstić information content (AvgIpc) is 2.60. The van der Waals surface area contributed by atoms with Crippen molar-refractivity contribution in [2.75, 3.05) is 17.9 Å². The number of benzene rings is 2. The number of carbonyl (C=O) groups is 1. The van der Waals surface area contributed by atoms with Crippen molar-refractivity contribution in [3.8, 4) is 5.75 Å². The molecule has 2 aromatic carbocycles. The maximum absolute atomic E-state index is 13.1. The van der Waals surface area contributed by atoms with Crippen LogP contribution >= 0.6 is 0 Å².